The first-order valence-corrected chi connectivity index (χ1v) is 5.09. The van der Waals surface area contributed by atoms with Gasteiger partial charge in [-0.15, -0.1) is 5.76 Å². The van der Waals surface area contributed by atoms with Crippen molar-refractivity contribution in [2.24, 2.45) is 0 Å². The molecule has 0 heterocycles. The third-order valence-electron chi connectivity index (χ3n) is 2.31. The van der Waals surface area contributed by atoms with E-state index in [-0.39, 0.29) is 24.6 Å². The van der Waals surface area contributed by atoms with Gasteiger partial charge in [0, 0.05) is 6.42 Å². The zero-order valence-electron chi connectivity index (χ0n) is 9.48. The molecule has 0 N–H and O–H groups in total. The van der Waals surface area contributed by atoms with Crippen LogP contribution >= 0.6 is 0 Å². The Bertz CT molecular complexity index is 382. The van der Waals surface area contributed by atoms with Gasteiger partial charge >= 0.3 is 18.9 Å². The Balaban J connectivity index is 0.00000128. The fraction of sp³-hybridized carbons (Fsp3) is 0.231. The maximum absolute atomic E-state index is 11.1. The molecule has 0 saturated heterocycles. The Labute approximate surface area is 108 Å². The number of ether oxygens (including phenoxy) is 1. The Morgan fingerprint density at radius 2 is 1.94 bits per heavy atom. The first-order chi connectivity index (χ1) is 7.34. The molecule has 1 aromatic carbocycles. The summed E-state index contributed by atoms with van der Waals surface area (Å²) >= 11 is 0. The average Bonchev–Trinajstić information content (AvgIpc) is 2.28. The zero-order valence-corrected chi connectivity index (χ0v) is 9.48. The monoisotopic (exact) mass is 208 g/mol. The van der Waals surface area contributed by atoms with Crippen LogP contribution in [0.3, 0.4) is 0 Å². The van der Waals surface area contributed by atoms with E-state index in [2.05, 4.69) is 0 Å². The molecule has 0 saturated carbocycles. The summed E-state index contributed by atoms with van der Waals surface area (Å²) in [4.78, 5) is 0. The zero-order chi connectivity index (χ0) is 10.5. The molecule has 2 rings (SSSR count). The van der Waals surface area contributed by atoms with Gasteiger partial charge in [0.05, 0.1) is 5.76 Å². The number of hydrogen-bond donors (Lipinski definition) is 0. The van der Waals surface area contributed by atoms with E-state index in [4.69, 9.17) is 4.74 Å². The smallest absolute Gasteiger partial charge is 0.873 e. The van der Waals surface area contributed by atoms with Crippen molar-refractivity contribution in [3.63, 3.8) is 0 Å². The van der Waals surface area contributed by atoms with Crippen LogP contribution in [-0.2, 0) is 11.3 Å². The Hall–Kier alpha value is -1.10. The summed E-state index contributed by atoms with van der Waals surface area (Å²) in [6, 6.07) is 9.95. The molecule has 0 fully saturated rings. The molecule has 78 valence electrons. The molecule has 16 heavy (non-hydrogen) atoms. The second kappa shape index (κ2) is 6.47. The summed E-state index contributed by atoms with van der Waals surface area (Å²) in [6.45, 7) is 0.542. The van der Waals surface area contributed by atoms with Gasteiger partial charge in [0.15, 0.2) is 0 Å². The quantitative estimate of drug-likeness (QED) is 0.605. The minimum absolute atomic E-state index is 0. The van der Waals surface area contributed by atoms with Crippen molar-refractivity contribution in [2.75, 3.05) is 0 Å². The fourth-order valence-electron chi connectivity index (χ4n) is 1.51. The Morgan fingerprint density at radius 3 is 2.62 bits per heavy atom. The van der Waals surface area contributed by atoms with Gasteiger partial charge < -0.3 is 9.84 Å². The summed E-state index contributed by atoms with van der Waals surface area (Å²) < 4.78 is 5.56. The van der Waals surface area contributed by atoms with E-state index >= 15 is 0 Å². The first kappa shape index (κ1) is 13.0. The molecular formula is C13H13LiO2. The third kappa shape index (κ3) is 3.81. The number of rotatable bonds is 3. The van der Waals surface area contributed by atoms with Gasteiger partial charge in [-0.25, -0.2) is 0 Å². The summed E-state index contributed by atoms with van der Waals surface area (Å²) in [6.07, 6.45) is 4.89. The maximum atomic E-state index is 11.1. The molecule has 2 nitrogen and oxygen atoms in total. The van der Waals surface area contributed by atoms with Crippen LogP contribution in [0.5, 0.6) is 0 Å². The van der Waals surface area contributed by atoms with Crippen LogP contribution in [0.2, 0.25) is 0 Å². The summed E-state index contributed by atoms with van der Waals surface area (Å²) in [5, 5.41) is 11.1. The number of hydrogen-bond acceptors (Lipinski definition) is 2. The van der Waals surface area contributed by atoms with Crippen molar-refractivity contribution in [2.45, 2.75) is 19.4 Å². The normalized spacial score (nSPS) is 14.5. The molecule has 0 atom stereocenters. The minimum atomic E-state index is 0. The summed E-state index contributed by atoms with van der Waals surface area (Å²) in [7, 11) is 0. The fourth-order valence-corrected chi connectivity index (χ4v) is 1.51. The van der Waals surface area contributed by atoms with Crippen LogP contribution < -0.4 is 24.0 Å². The van der Waals surface area contributed by atoms with E-state index < -0.39 is 0 Å². The standard InChI is InChI=1S/C13H14O2.Li/c14-12-7-4-8-13(9-12)15-10-11-5-2-1-3-6-11;/h1-3,5-7,9,14H,4,8,10H2;/q;+1/p-1. The summed E-state index contributed by atoms with van der Waals surface area (Å²) in [5.41, 5.74) is 1.13. The molecule has 1 aliphatic rings. The van der Waals surface area contributed by atoms with Crippen molar-refractivity contribution in [1.29, 1.82) is 0 Å². The van der Waals surface area contributed by atoms with Crippen molar-refractivity contribution in [1.82, 2.24) is 0 Å². The molecule has 0 radical (unpaired) electrons. The second-order valence-corrected chi connectivity index (χ2v) is 3.53. The van der Waals surface area contributed by atoms with E-state index in [0.29, 0.717) is 6.61 Å². The van der Waals surface area contributed by atoms with Gasteiger partial charge in [0.25, 0.3) is 0 Å². The Kier molecular flexibility index (Phi) is 5.25. The molecule has 1 aromatic rings. The first-order valence-electron chi connectivity index (χ1n) is 5.09. The predicted molar refractivity (Wildman–Crippen MR) is 56.6 cm³/mol. The van der Waals surface area contributed by atoms with E-state index in [0.717, 1.165) is 24.2 Å². The van der Waals surface area contributed by atoms with Gasteiger partial charge in [-0.3, -0.25) is 0 Å². The molecule has 0 spiro atoms. The van der Waals surface area contributed by atoms with Crippen LogP contribution in [-0.4, -0.2) is 0 Å². The Morgan fingerprint density at radius 1 is 1.19 bits per heavy atom. The van der Waals surface area contributed by atoms with E-state index in [1.165, 1.54) is 0 Å². The van der Waals surface area contributed by atoms with Crippen molar-refractivity contribution in [3.05, 3.63) is 59.6 Å². The number of allylic oxidation sites excluding steroid dienone is 3. The number of benzene rings is 1. The largest absolute Gasteiger partial charge is 1.00 e. The van der Waals surface area contributed by atoms with E-state index in [1.54, 1.807) is 12.2 Å². The SMILES string of the molecule is [Li+].[O-]C1=CCCC(OCc2ccccc2)=C1. The van der Waals surface area contributed by atoms with Crippen molar-refractivity contribution in [3.8, 4) is 0 Å². The molecule has 0 amide bonds. The van der Waals surface area contributed by atoms with Gasteiger partial charge in [-0.2, -0.15) is 0 Å². The maximum Gasteiger partial charge on any atom is 1.00 e. The predicted octanol–water partition coefficient (Wildman–Crippen LogP) is -0.871. The van der Waals surface area contributed by atoms with Crippen LogP contribution in [0.25, 0.3) is 0 Å². The van der Waals surface area contributed by atoms with Gasteiger partial charge in [0.1, 0.15) is 6.61 Å². The van der Waals surface area contributed by atoms with Crippen molar-refractivity contribution >= 4 is 0 Å². The van der Waals surface area contributed by atoms with Crippen LogP contribution in [0, 0.1) is 0 Å². The molecule has 0 aliphatic heterocycles. The van der Waals surface area contributed by atoms with Crippen LogP contribution in [0.4, 0.5) is 0 Å². The minimum Gasteiger partial charge on any atom is -0.873 e. The van der Waals surface area contributed by atoms with Crippen molar-refractivity contribution < 1.29 is 28.7 Å². The van der Waals surface area contributed by atoms with E-state index in [9.17, 15) is 5.11 Å². The third-order valence-corrected chi connectivity index (χ3v) is 2.31. The molecule has 1 aliphatic carbocycles. The topological polar surface area (TPSA) is 32.3 Å². The molecular weight excluding hydrogens is 195 g/mol. The van der Waals surface area contributed by atoms with Gasteiger partial charge in [-0.05, 0) is 18.1 Å². The van der Waals surface area contributed by atoms with E-state index in [1.807, 2.05) is 30.3 Å². The summed E-state index contributed by atoms with van der Waals surface area (Å²) in [5.74, 6) is 0.857. The van der Waals surface area contributed by atoms with Crippen LogP contribution in [0.15, 0.2) is 54.0 Å². The molecule has 0 aromatic heterocycles. The van der Waals surface area contributed by atoms with Gasteiger partial charge in [-0.1, -0.05) is 36.4 Å². The van der Waals surface area contributed by atoms with Crippen LogP contribution in [0.1, 0.15) is 18.4 Å². The molecule has 3 heteroatoms. The molecule has 0 bridgehead atoms. The van der Waals surface area contributed by atoms with Gasteiger partial charge in [0.2, 0.25) is 0 Å². The average molecular weight is 208 g/mol. The second-order valence-electron chi connectivity index (χ2n) is 3.53. The molecule has 0 unspecified atom stereocenters.